The molecule has 6 heteroatoms. The van der Waals surface area contributed by atoms with E-state index >= 15 is 0 Å². The second-order valence-corrected chi connectivity index (χ2v) is 8.94. The van der Waals surface area contributed by atoms with Gasteiger partial charge >= 0.3 is 11.9 Å². The maximum absolute atomic E-state index is 11.7. The van der Waals surface area contributed by atoms with Gasteiger partial charge in [-0.05, 0) is 22.3 Å². The normalized spacial score (nSPS) is 27.6. The van der Waals surface area contributed by atoms with Crippen LogP contribution in [0.25, 0.3) is 5.57 Å². The minimum Gasteiger partial charge on any atom is -0.469 e. The summed E-state index contributed by atoms with van der Waals surface area (Å²) in [4.78, 5) is 44.3. The lowest BCUT2D eigenvalue weighted by Gasteiger charge is -2.01. The van der Waals surface area contributed by atoms with Gasteiger partial charge in [-0.1, -0.05) is 64.1 Å². The first kappa shape index (κ1) is 23.5. The van der Waals surface area contributed by atoms with Crippen molar-refractivity contribution in [3.8, 4) is 0 Å². The topological polar surface area (TPSA) is 86.7 Å². The molecule has 4 atom stereocenters. The molecule has 2 aliphatic carbocycles. The molecule has 0 N–H and O–H groups in total. The van der Waals surface area contributed by atoms with E-state index in [0.717, 1.165) is 18.1 Å². The van der Waals surface area contributed by atoms with Crippen LogP contribution in [0.4, 0.5) is 0 Å². The Hall–Kier alpha value is -2.76. The zero-order chi connectivity index (χ0) is 22.7. The molecule has 0 amide bonds. The molecular formula is C24H30O6. The van der Waals surface area contributed by atoms with Crippen LogP contribution in [0.5, 0.6) is 0 Å². The molecule has 1 aromatic carbocycles. The van der Waals surface area contributed by atoms with Gasteiger partial charge in [-0.15, -0.1) is 0 Å². The second-order valence-electron chi connectivity index (χ2n) is 8.94. The third kappa shape index (κ3) is 4.53. The first-order chi connectivity index (χ1) is 14.1. The Labute approximate surface area is 177 Å². The average molecular weight is 414 g/mol. The van der Waals surface area contributed by atoms with Crippen molar-refractivity contribution >= 4 is 30.1 Å². The Bertz CT molecular complexity index is 837. The molecule has 2 fully saturated rings. The van der Waals surface area contributed by atoms with Crippen molar-refractivity contribution < 1.29 is 28.7 Å². The van der Waals surface area contributed by atoms with E-state index in [2.05, 4.69) is 4.74 Å². The van der Waals surface area contributed by atoms with Gasteiger partial charge in [-0.3, -0.25) is 14.4 Å². The van der Waals surface area contributed by atoms with Crippen LogP contribution in [-0.2, 0) is 28.7 Å². The highest BCUT2D eigenvalue weighted by Gasteiger charge is 2.63. The van der Waals surface area contributed by atoms with Gasteiger partial charge < -0.3 is 14.3 Å². The quantitative estimate of drug-likeness (QED) is 0.403. The van der Waals surface area contributed by atoms with Gasteiger partial charge in [0.25, 0.3) is 0 Å². The molecule has 1 aromatic rings. The highest BCUT2D eigenvalue weighted by atomic mass is 16.5. The van der Waals surface area contributed by atoms with Gasteiger partial charge in [-0.25, -0.2) is 0 Å². The summed E-state index contributed by atoms with van der Waals surface area (Å²) in [6.45, 7) is 7.83. The fraction of sp³-hybridized carbons (Fsp3) is 0.500. The molecule has 4 unspecified atom stereocenters. The molecule has 0 saturated heterocycles. The lowest BCUT2D eigenvalue weighted by Crippen LogP contribution is -2.07. The van der Waals surface area contributed by atoms with E-state index in [4.69, 9.17) is 4.74 Å². The number of rotatable bonds is 6. The number of ether oxygens (including phenoxy) is 2. The minimum absolute atomic E-state index is 0.0559. The largest absolute Gasteiger partial charge is 0.469 e. The van der Waals surface area contributed by atoms with Crippen LogP contribution in [0, 0.1) is 34.5 Å². The zero-order valence-electron chi connectivity index (χ0n) is 18.4. The van der Waals surface area contributed by atoms with E-state index in [-0.39, 0.29) is 46.4 Å². The molecule has 0 spiro atoms. The van der Waals surface area contributed by atoms with E-state index < -0.39 is 0 Å². The Kier molecular flexibility index (Phi) is 7.01. The van der Waals surface area contributed by atoms with Crippen LogP contribution in [0.3, 0.4) is 0 Å². The third-order valence-corrected chi connectivity index (χ3v) is 6.47. The lowest BCUT2D eigenvalue weighted by molar-refractivity contribution is -0.144. The number of aldehydes is 2. The number of benzene rings is 1. The number of hydrogen-bond donors (Lipinski definition) is 0. The van der Waals surface area contributed by atoms with E-state index in [1.165, 1.54) is 14.2 Å². The summed E-state index contributed by atoms with van der Waals surface area (Å²) in [7, 11) is 2.74. The van der Waals surface area contributed by atoms with Gasteiger partial charge in [0.1, 0.15) is 12.6 Å². The molecule has 3 rings (SSSR count). The molecule has 162 valence electrons. The number of allylic oxidation sites excluding steroid dienone is 2. The first-order valence-corrected chi connectivity index (χ1v) is 9.91. The van der Waals surface area contributed by atoms with Crippen molar-refractivity contribution in [2.45, 2.75) is 27.7 Å². The summed E-state index contributed by atoms with van der Waals surface area (Å²) in [5, 5.41) is 0. The highest BCUT2D eigenvalue weighted by molar-refractivity contribution is 6.07. The van der Waals surface area contributed by atoms with Gasteiger partial charge in [0, 0.05) is 11.5 Å². The zero-order valence-corrected chi connectivity index (χ0v) is 18.4. The van der Waals surface area contributed by atoms with Crippen molar-refractivity contribution in [1.29, 1.82) is 0 Å². The Morgan fingerprint density at radius 3 is 1.70 bits per heavy atom. The van der Waals surface area contributed by atoms with Gasteiger partial charge in [0.2, 0.25) is 0 Å². The highest BCUT2D eigenvalue weighted by Crippen LogP contribution is 2.60. The molecule has 0 radical (unpaired) electrons. The fourth-order valence-electron chi connectivity index (χ4n) is 4.10. The van der Waals surface area contributed by atoms with Gasteiger partial charge in [0.05, 0.1) is 26.1 Å². The number of carbonyl (C=O) groups is 4. The molecule has 30 heavy (non-hydrogen) atoms. The van der Waals surface area contributed by atoms with Crippen molar-refractivity contribution in [3.05, 3.63) is 42.0 Å². The minimum atomic E-state index is -0.271. The van der Waals surface area contributed by atoms with Crippen LogP contribution < -0.4 is 0 Å². The monoisotopic (exact) mass is 414 g/mol. The standard InChI is InChI=1S/C16H18O3.C8H12O3/c1-16(2)13(14(16)15(18)19-3)9-12(10-17)11-7-5-4-6-8-11;1-8(2)5(4-9)6(8)7(10)11-3/h4-10,13-14H,1-3H3;4-6H,1-3H3/b12-9-;. The van der Waals surface area contributed by atoms with Crippen LogP contribution >= 0.6 is 0 Å². The number of carbonyl (C=O) groups excluding carboxylic acids is 4. The molecule has 0 aromatic heterocycles. The van der Waals surface area contributed by atoms with Gasteiger partial charge in [0.15, 0.2) is 0 Å². The number of methoxy groups -OCH3 is 2. The lowest BCUT2D eigenvalue weighted by atomic mass is 10.0. The average Bonchev–Trinajstić information content (AvgIpc) is 3.51. The summed E-state index contributed by atoms with van der Waals surface area (Å²) >= 11 is 0. The summed E-state index contributed by atoms with van der Waals surface area (Å²) in [5.41, 5.74) is 1.18. The first-order valence-electron chi connectivity index (χ1n) is 9.91. The maximum atomic E-state index is 11.7. The van der Waals surface area contributed by atoms with E-state index in [1.807, 2.05) is 64.1 Å². The molecule has 6 nitrogen and oxygen atoms in total. The summed E-state index contributed by atoms with van der Waals surface area (Å²) in [6.07, 6.45) is 3.57. The maximum Gasteiger partial charge on any atom is 0.309 e. The molecule has 2 saturated carbocycles. The molecule has 2 aliphatic rings. The predicted octanol–water partition coefficient (Wildman–Crippen LogP) is 3.34. The van der Waals surface area contributed by atoms with E-state index in [0.29, 0.717) is 5.57 Å². The van der Waals surface area contributed by atoms with Gasteiger partial charge in [-0.2, -0.15) is 0 Å². The molecule has 0 heterocycles. The van der Waals surface area contributed by atoms with Crippen LogP contribution in [0.15, 0.2) is 36.4 Å². The van der Waals surface area contributed by atoms with Crippen LogP contribution in [0.2, 0.25) is 0 Å². The van der Waals surface area contributed by atoms with E-state index in [1.54, 1.807) is 0 Å². The fourth-order valence-corrected chi connectivity index (χ4v) is 4.10. The summed E-state index contributed by atoms with van der Waals surface area (Å²) in [5.74, 6) is -0.937. The molecular weight excluding hydrogens is 384 g/mol. The van der Waals surface area contributed by atoms with Crippen LogP contribution in [-0.4, -0.2) is 38.7 Å². The number of esters is 2. The smallest absolute Gasteiger partial charge is 0.309 e. The number of hydrogen-bond acceptors (Lipinski definition) is 6. The summed E-state index contributed by atoms with van der Waals surface area (Å²) in [6, 6.07) is 9.47. The summed E-state index contributed by atoms with van der Waals surface area (Å²) < 4.78 is 9.35. The van der Waals surface area contributed by atoms with Crippen molar-refractivity contribution in [2.75, 3.05) is 14.2 Å². The second kappa shape index (κ2) is 8.94. The van der Waals surface area contributed by atoms with Crippen molar-refractivity contribution in [2.24, 2.45) is 34.5 Å². The SMILES string of the molecule is COC(=O)C1C(/C=C(/C=O)c2ccccc2)C1(C)C.COC(=O)C1C(C=O)C1(C)C. The van der Waals surface area contributed by atoms with E-state index in [9.17, 15) is 19.2 Å². The molecule has 0 aliphatic heterocycles. The Balaban J connectivity index is 0.000000248. The van der Waals surface area contributed by atoms with Crippen molar-refractivity contribution in [3.63, 3.8) is 0 Å². The predicted molar refractivity (Wildman–Crippen MR) is 112 cm³/mol. The third-order valence-electron chi connectivity index (χ3n) is 6.47. The Morgan fingerprint density at radius 1 is 0.833 bits per heavy atom. The Morgan fingerprint density at radius 2 is 1.30 bits per heavy atom. The van der Waals surface area contributed by atoms with Crippen molar-refractivity contribution in [1.82, 2.24) is 0 Å². The molecule has 0 bridgehead atoms. The van der Waals surface area contributed by atoms with Crippen LogP contribution in [0.1, 0.15) is 33.3 Å².